The lowest BCUT2D eigenvalue weighted by Gasteiger charge is -2.17. The predicted octanol–water partition coefficient (Wildman–Crippen LogP) is 1.46. The van der Waals surface area contributed by atoms with Crippen LogP contribution in [0.15, 0.2) is 4.79 Å². The van der Waals surface area contributed by atoms with Crippen molar-refractivity contribution in [2.45, 2.75) is 39.0 Å². The number of nitrogens with zero attached hydrogens (tertiary/aromatic N) is 1. The Morgan fingerprint density at radius 2 is 2.00 bits per heavy atom. The number of hydrogen-bond acceptors (Lipinski definition) is 2. The Kier molecular flexibility index (Phi) is 2.80. The van der Waals surface area contributed by atoms with Crippen molar-refractivity contribution in [2.24, 2.45) is 0 Å². The van der Waals surface area contributed by atoms with Crippen LogP contribution in [-0.4, -0.2) is 10.2 Å². The molecule has 4 heteroatoms. The molecule has 1 aromatic heterocycles. The standard InChI is InChI=1S/C10H15N3O/c1-10(2,3)8-7(5-4-6-11)9(14)13-12-8/h4-5H2,1-3H3,(H2,12,13,14). The topological polar surface area (TPSA) is 72.4 Å². The molecule has 4 nitrogen and oxygen atoms in total. The molecule has 14 heavy (non-hydrogen) atoms. The van der Waals surface area contributed by atoms with Gasteiger partial charge in [0.25, 0.3) is 5.56 Å². The Labute approximate surface area is 82.9 Å². The van der Waals surface area contributed by atoms with Gasteiger partial charge in [-0.15, -0.1) is 0 Å². The maximum absolute atomic E-state index is 11.4. The minimum absolute atomic E-state index is 0.0933. The second-order valence-electron chi connectivity index (χ2n) is 4.34. The third kappa shape index (κ3) is 2.05. The third-order valence-corrected chi connectivity index (χ3v) is 2.11. The molecule has 0 unspecified atom stereocenters. The molecule has 1 rings (SSSR count). The Morgan fingerprint density at radius 3 is 2.50 bits per heavy atom. The lowest BCUT2D eigenvalue weighted by molar-refractivity contribution is 0.560. The Morgan fingerprint density at radius 1 is 1.36 bits per heavy atom. The highest BCUT2D eigenvalue weighted by Crippen LogP contribution is 2.22. The molecule has 0 aliphatic carbocycles. The van der Waals surface area contributed by atoms with Crippen LogP contribution in [0.2, 0.25) is 0 Å². The van der Waals surface area contributed by atoms with E-state index in [0.717, 1.165) is 5.69 Å². The van der Waals surface area contributed by atoms with Crippen molar-refractivity contribution in [1.82, 2.24) is 10.2 Å². The fourth-order valence-corrected chi connectivity index (χ4v) is 1.44. The summed E-state index contributed by atoms with van der Waals surface area (Å²) in [5, 5.41) is 13.9. The van der Waals surface area contributed by atoms with E-state index in [1.165, 1.54) is 0 Å². The first-order valence-electron chi connectivity index (χ1n) is 4.63. The van der Waals surface area contributed by atoms with Gasteiger partial charge in [0.2, 0.25) is 0 Å². The van der Waals surface area contributed by atoms with E-state index in [0.29, 0.717) is 18.4 Å². The van der Waals surface area contributed by atoms with E-state index in [1.807, 2.05) is 26.8 Å². The van der Waals surface area contributed by atoms with E-state index < -0.39 is 0 Å². The number of nitriles is 1. The van der Waals surface area contributed by atoms with Gasteiger partial charge in [-0.3, -0.25) is 9.89 Å². The van der Waals surface area contributed by atoms with Gasteiger partial charge in [0, 0.05) is 23.1 Å². The maximum Gasteiger partial charge on any atom is 0.267 e. The van der Waals surface area contributed by atoms with E-state index in [-0.39, 0.29) is 11.0 Å². The molecule has 0 amide bonds. The Hall–Kier alpha value is -1.50. The number of H-pyrrole nitrogens is 2. The fraction of sp³-hybridized carbons (Fsp3) is 0.600. The summed E-state index contributed by atoms with van der Waals surface area (Å²) in [5.41, 5.74) is 1.41. The van der Waals surface area contributed by atoms with Crippen LogP contribution in [-0.2, 0) is 11.8 Å². The van der Waals surface area contributed by atoms with Gasteiger partial charge in [-0.1, -0.05) is 20.8 Å². The number of aromatic nitrogens is 2. The molecular formula is C10H15N3O. The molecule has 0 aliphatic rings. The van der Waals surface area contributed by atoms with Crippen LogP contribution in [0.5, 0.6) is 0 Å². The molecule has 0 aromatic carbocycles. The van der Waals surface area contributed by atoms with Crippen molar-refractivity contribution in [3.63, 3.8) is 0 Å². The second-order valence-corrected chi connectivity index (χ2v) is 4.34. The van der Waals surface area contributed by atoms with E-state index >= 15 is 0 Å². The van der Waals surface area contributed by atoms with Crippen molar-refractivity contribution in [2.75, 3.05) is 0 Å². The van der Waals surface area contributed by atoms with E-state index in [2.05, 4.69) is 10.2 Å². The monoisotopic (exact) mass is 193 g/mol. The molecule has 0 saturated heterocycles. The van der Waals surface area contributed by atoms with Gasteiger partial charge in [-0.05, 0) is 6.42 Å². The van der Waals surface area contributed by atoms with E-state index in [4.69, 9.17) is 5.26 Å². The summed E-state index contributed by atoms with van der Waals surface area (Å²) in [7, 11) is 0. The highest BCUT2D eigenvalue weighted by Gasteiger charge is 2.21. The highest BCUT2D eigenvalue weighted by atomic mass is 16.1. The summed E-state index contributed by atoms with van der Waals surface area (Å²) in [6, 6.07) is 2.05. The lowest BCUT2D eigenvalue weighted by Crippen LogP contribution is -2.16. The van der Waals surface area contributed by atoms with Crippen molar-refractivity contribution in [1.29, 1.82) is 5.26 Å². The SMILES string of the molecule is CC(C)(C)c1[nH][nH]c(=O)c1CCC#N. The normalized spacial score (nSPS) is 11.3. The summed E-state index contributed by atoms with van der Waals surface area (Å²) in [6.45, 7) is 6.09. The summed E-state index contributed by atoms with van der Waals surface area (Å²) < 4.78 is 0. The molecule has 0 atom stereocenters. The zero-order chi connectivity index (χ0) is 10.8. The molecule has 0 bridgehead atoms. The number of hydrogen-bond donors (Lipinski definition) is 2. The van der Waals surface area contributed by atoms with Gasteiger partial charge in [-0.2, -0.15) is 5.26 Å². The first kappa shape index (κ1) is 10.6. The highest BCUT2D eigenvalue weighted by molar-refractivity contribution is 5.24. The summed E-state index contributed by atoms with van der Waals surface area (Å²) in [5.74, 6) is 0. The first-order valence-corrected chi connectivity index (χ1v) is 4.63. The minimum Gasteiger partial charge on any atom is -0.301 e. The zero-order valence-electron chi connectivity index (χ0n) is 8.77. The zero-order valence-corrected chi connectivity index (χ0v) is 8.77. The largest absolute Gasteiger partial charge is 0.301 e. The summed E-state index contributed by atoms with van der Waals surface area (Å²) in [6.07, 6.45) is 0.895. The molecule has 76 valence electrons. The van der Waals surface area contributed by atoms with Gasteiger partial charge in [0.15, 0.2) is 0 Å². The molecule has 0 saturated carbocycles. The maximum atomic E-state index is 11.4. The molecule has 0 spiro atoms. The molecule has 0 radical (unpaired) electrons. The van der Waals surface area contributed by atoms with E-state index in [9.17, 15) is 4.79 Å². The lowest BCUT2D eigenvalue weighted by atomic mass is 9.88. The van der Waals surface area contributed by atoms with Crippen LogP contribution in [0.25, 0.3) is 0 Å². The van der Waals surface area contributed by atoms with Gasteiger partial charge in [0.1, 0.15) is 0 Å². The predicted molar refractivity (Wildman–Crippen MR) is 54.0 cm³/mol. The van der Waals surface area contributed by atoms with Crippen molar-refractivity contribution >= 4 is 0 Å². The van der Waals surface area contributed by atoms with Gasteiger partial charge < -0.3 is 5.10 Å². The average Bonchev–Trinajstić information content (AvgIpc) is 2.42. The molecule has 1 heterocycles. The minimum atomic E-state index is -0.106. The van der Waals surface area contributed by atoms with Gasteiger partial charge in [-0.25, -0.2) is 0 Å². The van der Waals surface area contributed by atoms with Crippen LogP contribution in [0.1, 0.15) is 38.4 Å². The second kappa shape index (κ2) is 3.70. The number of aromatic amines is 2. The van der Waals surface area contributed by atoms with Crippen molar-refractivity contribution in [3.8, 4) is 6.07 Å². The smallest absolute Gasteiger partial charge is 0.267 e. The summed E-state index contributed by atoms with van der Waals surface area (Å²) >= 11 is 0. The van der Waals surface area contributed by atoms with Crippen LogP contribution in [0.3, 0.4) is 0 Å². The molecule has 0 aliphatic heterocycles. The van der Waals surface area contributed by atoms with Gasteiger partial charge >= 0.3 is 0 Å². The Bertz CT molecular complexity index is 400. The Balaban J connectivity index is 3.08. The van der Waals surface area contributed by atoms with E-state index in [1.54, 1.807) is 0 Å². The van der Waals surface area contributed by atoms with Crippen LogP contribution in [0, 0.1) is 11.3 Å². The van der Waals surface area contributed by atoms with Crippen LogP contribution in [0.4, 0.5) is 0 Å². The van der Waals surface area contributed by atoms with Crippen LogP contribution >= 0.6 is 0 Å². The van der Waals surface area contributed by atoms with Crippen molar-refractivity contribution in [3.05, 3.63) is 21.6 Å². The molecular weight excluding hydrogens is 178 g/mol. The third-order valence-electron chi connectivity index (χ3n) is 2.11. The quantitative estimate of drug-likeness (QED) is 0.746. The molecule has 0 fully saturated rings. The molecule has 2 N–H and O–H groups in total. The average molecular weight is 193 g/mol. The van der Waals surface area contributed by atoms with Gasteiger partial charge in [0.05, 0.1) is 6.07 Å². The fourth-order valence-electron chi connectivity index (χ4n) is 1.44. The number of nitrogens with one attached hydrogen (secondary N) is 2. The molecule has 1 aromatic rings. The van der Waals surface area contributed by atoms with Crippen LogP contribution < -0.4 is 5.56 Å². The first-order chi connectivity index (χ1) is 6.46. The number of rotatable bonds is 2. The van der Waals surface area contributed by atoms with Crippen molar-refractivity contribution < 1.29 is 0 Å². The summed E-state index contributed by atoms with van der Waals surface area (Å²) in [4.78, 5) is 11.4.